The first-order chi connectivity index (χ1) is 26.6. The molecule has 0 N–H and O–H groups in total. The number of hydroxylamine groups is 4. The number of hydrogen-bond donors (Lipinski definition) is 0. The van der Waals surface area contributed by atoms with E-state index in [0.29, 0.717) is 47.6 Å². The normalized spacial score (nSPS) is 13.4. The van der Waals surface area contributed by atoms with Crippen LogP contribution in [0.15, 0.2) is 42.7 Å². The van der Waals surface area contributed by atoms with E-state index in [4.69, 9.17) is 14.7 Å². The number of amides is 2. The molecule has 0 aliphatic heterocycles. The summed E-state index contributed by atoms with van der Waals surface area (Å²) in [6.45, 7) is 0. The zero-order valence-corrected chi connectivity index (χ0v) is 32.0. The van der Waals surface area contributed by atoms with E-state index in [1.807, 2.05) is 43.6 Å². The van der Waals surface area contributed by atoms with Crippen molar-refractivity contribution < 1.29 is 45.0 Å². The number of carbonyl (C=O) groups is 2. The second-order valence-corrected chi connectivity index (χ2v) is 14.3. The van der Waals surface area contributed by atoms with Gasteiger partial charge < -0.3 is 4.18 Å². The largest absolute Gasteiger partial charge is 0.534 e. The summed E-state index contributed by atoms with van der Waals surface area (Å²) in [5.74, 6) is -0.0987. The monoisotopic (exact) mass is 798 g/mol. The third-order valence-corrected chi connectivity index (χ3v) is 10.2. The van der Waals surface area contributed by atoms with Crippen molar-refractivity contribution in [1.29, 1.82) is 0 Å². The van der Waals surface area contributed by atoms with E-state index in [-0.39, 0.29) is 17.3 Å². The van der Waals surface area contributed by atoms with E-state index in [2.05, 4.69) is 29.3 Å². The summed E-state index contributed by atoms with van der Waals surface area (Å²) in [6, 6.07) is 8.91. The fourth-order valence-corrected chi connectivity index (χ4v) is 6.78. The van der Waals surface area contributed by atoms with E-state index in [1.165, 1.54) is 44.3 Å². The molecule has 2 amide bonds. The summed E-state index contributed by atoms with van der Waals surface area (Å²) in [5, 5.41) is 10.9. The van der Waals surface area contributed by atoms with Crippen LogP contribution < -0.4 is 4.18 Å². The lowest BCUT2D eigenvalue weighted by Gasteiger charge is -2.12. The van der Waals surface area contributed by atoms with Gasteiger partial charge in [-0.15, -0.1) is 0 Å². The third kappa shape index (κ3) is 7.69. The smallest absolute Gasteiger partial charge is 0.337 e. The highest BCUT2D eigenvalue weighted by Gasteiger charge is 2.49. The molecule has 2 aliphatic carbocycles. The summed E-state index contributed by atoms with van der Waals surface area (Å²) in [4.78, 5) is 52.0. The van der Waals surface area contributed by atoms with Crippen LogP contribution in [0.2, 0.25) is 0 Å². The summed E-state index contributed by atoms with van der Waals surface area (Å²) in [7, 11) is 3.23. The number of benzene rings is 1. The Bertz CT molecular complexity index is 2400. The van der Waals surface area contributed by atoms with Gasteiger partial charge in [0.15, 0.2) is 17.2 Å². The molecule has 1 aromatic carbocycles. The predicted molar refractivity (Wildman–Crippen MR) is 192 cm³/mol. The molecule has 2 aliphatic rings. The van der Waals surface area contributed by atoms with Crippen LogP contribution in [0.3, 0.4) is 0 Å². The SMILES string of the molecule is CON(C)C(=O)c1nn(C)c2c1CCCc1cnc(-c3ccccc3)nc1-2.CON(C)C(=O)c1nn(C)c2c1CCCc1cnc(OS(=O)(=O)C(F)(F)F)nc1-2. The molecule has 0 bridgehead atoms. The van der Waals surface area contributed by atoms with Gasteiger partial charge in [0.1, 0.15) is 0 Å². The van der Waals surface area contributed by atoms with E-state index in [1.54, 1.807) is 11.7 Å². The summed E-state index contributed by atoms with van der Waals surface area (Å²) in [6.07, 6.45) is 7.14. The van der Waals surface area contributed by atoms with Gasteiger partial charge in [-0.1, -0.05) is 30.3 Å². The van der Waals surface area contributed by atoms with E-state index in [9.17, 15) is 31.2 Å². The van der Waals surface area contributed by atoms with Gasteiger partial charge in [-0.2, -0.15) is 36.8 Å². The number of fused-ring (bicyclic) bond motifs is 6. The van der Waals surface area contributed by atoms with Gasteiger partial charge in [-0.3, -0.25) is 28.6 Å². The molecule has 0 saturated carbocycles. The molecular weight excluding hydrogens is 762 g/mol. The van der Waals surface area contributed by atoms with Crippen LogP contribution in [0.5, 0.6) is 6.01 Å². The zero-order chi connectivity index (χ0) is 40.5. The minimum atomic E-state index is -5.92. The fraction of sp³-hybridized carbons (Fsp3) is 0.371. The van der Waals surface area contributed by atoms with Crippen LogP contribution in [0.4, 0.5) is 13.2 Å². The van der Waals surface area contributed by atoms with E-state index < -0.39 is 27.5 Å². The molecule has 0 unspecified atom stereocenters. The number of carbonyl (C=O) groups excluding carboxylic acids is 2. The van der Waals surface area contributed by atoms with Crippen LogP contribution in [-0.2, 0) is 59.6 Å². The average molecular weight is 799 g/mol. The van der Waals surface area contributed by atoms with Crippen molar-refractivity contribution in [1.82, 2.24) is 49.6 Å². The number of rotatable bonds is 7. The molecule has 296 valence electrons. The van der Waals surface area contributed by atoms with Crippen molar-refractivity contribution in [2.45, 2.75) is 44.0 Å². The molecule has 5 aromatic rings. The number of nitrogens with zero attached hydrogens (tertiary/aromatic N) is 10. The molecule has 0 atom stereocenters. The Morgan fingerprint density at radius 3 is 1.71 bits per heavy atom. The van der Waals surface area contributed by atoms with Crippen LogP contribution >= 0.6 is 0 Å². The van der Waals surface area contributed by atoms with Gasteiger partial charge in [0, 0.05) is 57.3 Å². The first kappa shape index (κ1) is 39.9. The molecule has 0 fully saturated rings. The maximum atomic E-state index is 12.7. The first-order valence-electron chi connectivity index (χ1n) is 17.1. The highest BCUT2D eigenvalue weighted by Crippen LogP contribution is 2.36. The van der Waals surface area contributed by atoms with Crippen molar-refractivity contribution in [2.75, 3.05) is 28.3 Å². The highest BCUT2D eigenvalue weighted by atomic mass is 32.2. The van der Waals surface area contributed by atoms with Gasteiger partial charge in [0.2, 0.25) is 0 Å². The topological polar surface area (TPSA) is 190 Å². The maximum absolute atomic E-state index is 12.7. The van der Waals surface area contributed by atoms with Gasteiger partial charge in [-0.05, 0) is 49.7 Å². The number of alkyl halides is 3. The number of halogens is 3. The molecular formula is C35H37F3N10O7S. The van der Waals surface area contributed by atoms with Gasteiger partial charge in [0.25, 0.3) is 11.8 Å². The minimum absolute atomic E-state index is 0.101. The molecule has 4 heterocycles. The first-order valence-corrected chi connectivity index (χ1v) is 18.5. The second kappa shape index (κ2) is 15.7. The van der Waals surface area contributed by atoms with Crippen molar-refractivity contribution >= 4 is 21.9 Å². The Kier molecular flexibility index (Phi) is 11.2. The summed E-state index contributed by atoms with van der Waals surface area (Å²) in [5.41, 5.74) is 1.18. The Morgan fingerprint density at radius 2 is 1.23 bits per heavy atom. The van der Waals surface area contributed by atoms with Crippen LogP contribution in [0.25, 0.3) is 34.2 Å². The van der Waals surface area contributed by atoms with E-state index >= 15 is 0 Å². The average Bonchev–Trinajstić information content (AvgIpc) is 3.51. The Morgan fingerprint density at radius 1 is 0.750 bits per heavy atom. The molecule has 17 nitrogen and oxygen atoms in total. The molecule has 7 rings (SSSR count). The number of aryl methyl sites for hydroxylation is 4. The predicted octanol–water partition coefficient (Wildman–Crippen LogP) is 3.89. The fourth-order valence-electron chi connectivity index (χ4n) is 6.41. The third-order valence-electron chi connectivity index (χ3n) is 9.22. The Hall–Kier alpha value is -5.80. The molecule has 0 radical (unpaired) electrons. The lowest BCUT2D eigenvalue weighted by molar-refractivity contribution is -0.0761. The Balaban J connectivity index is 0.000000190. The van der Waals surface area contributed by atoms with E-state index in [0.717, 1.165) is 52.4 Å². The summed E-state index contributed by atoms with van der Waals surface area (Å²) >= 11 is 0. The highest BCUT2D eigenvalue weighted by molar-refractivity contribution is 7.87. The number of aromatic nitrogens is 8. The molecule has 4 aromatic heterocycles. The zero-order valence-electron chi connectivity index (χ0n) is 31.2. The van der Waals surface area contributed by atoms with Crippen molar-refractivity contribution in [2.24, 2.45) is 14.1 Å². The van der Waals surface area contributed by atoms with Crippen LogP contribution in [0, 0.1) is 0 Å². The minimum Gasteiger partial charge on any atom is -0.337 e. The van der Waals surface area contributed by atoms with Crippen LogP contribution in [-0.4, -0.2) is 104 Å². The molecule has 0 spiro atoms. The molecule has 21 heteroatoms. The van der Waals surface area contributed by atoms with Crippen molar-refractivity contribution in [3.63, 3.8) is 0 Å². The maximum Gasteiger partial charge on any atom is 0.534 e. The summed E-state index contributed by atoms with van der Waals surface area (Å²) < 4.78 is 67.4. The van der Waals surface area contributed by atoms with Gasteiger partial charge in [0.05, 0.1) is 37.0 Å². The Labute approximate surface area is 319 Å². The van der Waals surface area contributed by atoms with Gasteiger partial charge in [-0.25, -0.2) is 25.1 Å². The number of hydrogen-bond acceptors (Lipinski definition) is 13. The van der Waals surface area contributed by atoms with Gasteiger partial charge >= 0.3 is 21.6 Å². The molecule has 56 heavy (non-hydrogen) atoms. The molecule has 0 saturated heterocycles. The standard InChI is InChI=1S/C20H21N5O2.C15H16F3N5O5S/c1-24-18-15(17(23-24)20(26)25(2)27-3)11-7-10-14-12-21-19(22-16(14)18)13-8-5-4-6-9-13;1-22-12-9(11(21-22)13(24)23(2)27-3)6-4-5-8-7-19-14(20-10(8)12)28-29(25,26)15(16,17)18/h4-6,8-9,12H,7,10-11H2,1-3H3;7H,4-6H2,1-3H3. The van der Waals surface area contributed by atoms with Crippen LogP contribution in [0.1, 0.15) is 56.1 Å². The second-order valence-electron chi connectivity index (χ2n) is 12.7. The lowest BCUT2D eigenvalue weighted by Crippen LogP contribution is -2.28. The lowest BCUT2D eigenvalue weighted by atomic mass is 10.1. The van der Waals surface area contributed by atoms with Crippen molar-refractivity contribution in [3.8, 4) is 40.2 Å². The van der Waals surface area contributed by atoms with Crippen molar-refractivity contribution in [3.05, 3.63) is 76.4 Å². The quantitative estimate of drug-likeness (QED) is 0.131.